The Morgan fingerprint density at radius 2 is 1.48 bits per heavy atom. The minimum atomic E-state index is -1.15. The molecule has 7 rings (SSSR count). The molecule has 3 heterocycles. The van der Waals surface area contributed by atoms with Crippen LogP contribution in [-0.2, 0) is 25.5 Å². The summed E-state index contributed by atoms with van der Waals surface area (Å²) in [7, 11) is 0. The van der Waals surface area contributed by atoms with Crippen LogP contribution in [0.3, 0.4) is 0 Å². The molecule has 4 aromatic carbocycles. The predicted molar refractivity (Wildman–Crippen MR) is 204 cm³/mol. The van der Waals surface area contributed by atoms with E-state index < -0.39 is 35.4 Å². The van der Waals surface area contributed by atoms with Crippen molar-refractivity contribution in [1.29, 1.82) is 0 Å². The van der Waals surface area contributed by atoms with Gasteiger partial charge in [-0.15, -0.1) is 23.1 Å². The third-order valence-electron chi connectivity index (χ3n) is 8.38. The summed E-state index contributed by atoms with van der Waals surface area (Å²) in [6.07, 6.45) is -0.597. The third-order valence-corrected chi connectivity index (χ3v) is 11.2. The van der Waals surface area contributed by atoms with E-state index in [2.05, 4.69) is 5.32 Å². The number of benzene rings is 4. The van der Waals surface area contributed by atoms with E-state index >= 15 is 0 Å². The lowest BCUT2D eigenvalue weighted by Crippen LogP contribution is -2.74. The number of rotatable bonds is 12. The Morgan fingerprint density at radius 3 is 2.13 bits per heavy atom. The maximum Gasteiger partial charge on any atom is 0.334 e. The Morgan fingerprint density at radius 1 is 0.808 bits per heavy atom. The molecule has 0 radical (unpaired) electrons. The van der Waals surface area contributed by atoms with Crippen LogP contribution in [0.1, 0.15) is 22.1 Å². The first kappa shape index (κ1) is 35.9. The lowest BCUT2D eigenvalue weighted by molar-refractivity contribution is -0.165. The van der Waals surface area contributed by atoms with Crippen LogP contribution in [0.15, 0.2) is 126 Å². The highest BCUT2D eigenvalue weighted by molar-refractivity contribution is 8.03. The fourth-order valence-electron chi connectivity index (χ4n) is 5.89. The number of carbonyl (C=O) groups excluding carboxylic acids is 3. The SMILES string of the molecule is O=C(Cc1cccs1)NC1C(=O)N2C(C(=O)OC(c3ccccc3)c3ccccc3)C(COc3cc(Cl)ccc3Oc3ccc(Cl)cc3Cl)=CS[C@@H]12. The second kappa shape index (κ2) is 16.1. The van der Waals surface area contributed by atoms with Crippen LogP contribution in [-0.4, -0.2) is 46.7 Å². The summed E-state index contributed by atoms with van der Waals surface area (Å²) in [5, 5.41) is 7.15. The van der Waals surface area contributed by atoms with E-state index in [0.29, 0.717) is 32.1 Å². The number of carbonyl (C=O) groups is 3. The number of thiophene rings is 1. The molecule has 3 atom stereocenters. The molecule has 0 spiro atoms. The maximum absolute atomic E-state index is 14.4. The maximum atomic E-state index is 14.4. The zero-order chi connectivity index (χ0) is 36.2. The number of ether oxygens (including phenoxy) is 3. The van der Waals surface area contributed by atoms with Crippen molar-refractivity contribution in [2.75, 3.05) is 6.61 Å². The van der Waals surface area contributed by atoms with Gasteiger partial charge >= 0.3 is 5.97 Å². The van der Waals surface area contributed by atoms with E-state index in [1.165, 1.54) is 28.0 Å². The number of hydrogen-bond donors (Lipinski definition) is 1. The van der Waals surface area contributed by atoms with Crippen LogP contribution in [0.25, 0.3) is 0 Å². The van der Waals surface area contributed by atoms with Crippen molar-refractivity contribution >= 4 is 75.7 Å². The van der Waals surface area contributed by atoms with Gasteiger partial charge in [0.15, 0.2) is 23.6 Å². The van der Waals surface area contributed by atoms with Gasteiger partial charge in [-0.25, -0.2) is 4.79 Å². The summed E-state index contributed by atoms with van der Waals surface area (Å²) in [5.41, 5.74) is 2.00. The molecule has 1 fully saturated rings. The van der Waals surface area contributed by atoms with E-state index in [-0.39, 0.29) is 24.7 Å². The van der Waals surface area contributed by atoms with Crippen molar-refractivity contribution in [3.8, 4) is 17.2 Å². The molecule has 5 aromatic rings. The Balaban J connectivity index is 1.16. The normalized spacial score (nSPS) is 17.8. The molecule has 2 amide bonds. The summed E-state index contributed by atoms with van der Waals surface area (Å²) in [6.45, 7) is -0.120. The van der Waals surface area contributed by atoms with Gasteiger partial charge in [0.05, 0.1) is 11.4 Å². The van der Waals surface area contributed by atoms with Gasteiger partial charge in [-0.05, 0) is 58.3 Å². The molecular weight excluding hydrogens is 763 g/mol. The number of nitrogens with one attached hydrogen (secondary N) is 1. The first-order valence-corrected chi connectivity index (χ1v) is 19.0. The summed E-state index contributed by atoms with van der Waals surface area (Å²) >= 11 is 21.6. The van der Waals surface area contributed by atoms with Crippen LogP contribution < -0.4 is 14.8 Å². The zero-order valence-corrected chi connectivity index (χ0v) is 31.0. The van der Waals surface area contributed by atoms with Crippen molar-refractivity contribution in [2.45, 2.75) is 30.0 Å². The van der Waals surface area contributed by atoms with Crippen molar-refractivity contribution in [3.05, 3.63) is 157 Å². The van der Waals surface area contributed by atoms with Crippen LogP contribution in [0.5, 0.6) is 17.2 Å². The number of amides is 2. The number of β-lactam (4-membered cyclic amide) rings is 1. The van der Waals surface area contributed by atoms with E-state index in [4.69, 9.17) is 49.0 Å². The molecule has 264 valence electrons. The smallest absolute Gasteiger partial charge is 0.334 e. The fourth-order valence-corrected chi connectivity index (χ4v) is 8.42. The van der Waals surface area contributed by atoms with Gasteiger partial charge in [0, 0.05) is 26.6 Å². The highest BCUT2D eigenvalue weighted by Gasteiger charge is 2.56. The van der Waals surface area contributed by atoms with Gasteiger partial charge < -0.3 is 24.4 Å². The molecule has 1 N–H and O–H groups in total. The average Bonchev–Trinajstić information content (AvgIpc) is 3.67. The highest BCUT2D eigenvalue weighted by Crippen LogP contribution is 2.43. The summed E-state index contributed by atoms with van der Waals surface area (Å²) < 4.78 is 18.6. The third kappa shape index (κ3) is 7.96. The number of fused-ring (bicyclic) bond motifs is 1. The standard InChI is InChI=1S/C39H29Cl3N2O6S2/c40-26-13-15-30(29(42)18-26)49-31-16-14-27(41)19-32(31)48-21-25-22-52-38-34(43-33(45)20-28-12-7-17-51-28)37(46)44(38)35(25)39(47)50-36(23-8-3-1-4-9-23)24-10-5-2-6-11-24/h1-19,22,34-36,38H,20-21H2,(H,43,45)/t34?,35?,38-/m0/s1. The van der Waals surface area contributed by atoms with Crippen molar-refractivity contribution in [3.63, 3.8) is 0 Å². The molecule has 2 unspecified atom stereocenters. The molecule has 8 nitrogen and oxygen atoms in total. The molecule has 52 heavy (non-hydrogen) atoms. The monoisotopic (exact) mass is 790 g/mol. The Labute approximate surface area is 323 Å². The highest BCUT2D eigenvalue weighted by atomic mass is 35.5. The molecule has 0 aliphatic carbocycles. The first-order chi connectivity index (χ1) is 25.2. The molecule has 13 heteroatoms. The molecule has 1 aromatic heterocycles. The second-order valence-electron chi connectivity index (χ2n) is 11.9. The molecule has 0 bridgehead atoms. The largest absolute Gasteiger partial charge is 0.485 e. The number of thioether (sulfide) groups is 1. The topological polar surface area (TPSA) is 94.2 Å². The van der Waals surface area contributed by atoms with E-state index in [1.807, 2.05) is 78.2 Å². The molecule has 2 aliphatic heterocycles. The Kier molecular flexibility index (Phi) is 11.1. The van der Waals surface area contributed by atoms with Crippen LogP contribution in [0.4, 0.5) is 0 Å². The number of halogens is 3. The molecular formula is C39H29Cl3N2O6S2. The zero-order valence-electron chi connectivity index (χ0n) is 27.1. The number of hydrogen-bond acceptors (Lipinski definition) is 8. The lowest BCUT2D eigenvalue weighted by atomic mass is 9.97. The predicted octanol–water partition coefficient (Wildman–Crippen LogP) is 9.11. The second-order valence-corrected chi connectivity index (χ2v) is 15.2. The molecule has 1 saturated heterocycles. The number of esters is 1. The fraction of sp³-hybridized carbons (Fsp3) is 0.154. The quantitative estimate of drug-likeness (QED) is 0.0996. The molecule has 0 saturated carbocycles. The van der Waals surface area contributed by atoms with Gasteiger partial charge in [-0.2, -0.15) is 0 Å². The van der Waals surface area contributed by atoms with Crippen LogP contribution in [0, 0.1) is 0 Å². The summed E-state index contributed by atoms with van der Waals surface area (Å²) in [6, 6.07) is 30.3. The van der Waals surface area contributed by atoms with E-state index in [1.54, 1.807) is 41.8 Å². The van der Waals surface area contributed by atoms with E-state index in [0.717, 1.165) is 16.0 Å². The van der Waals surface area contributed by atoms with Gasteiger partial charge in [0.1, 0.15) is 23.8 Å². The minimum absolute atomic E-state index is 0.120. The summed E-state index contributed by atoms with van der Waals surface area (Å²) in [4.78, 5) is 43.5. The summed E-state index contributed by atoms with van der Waals surface area (Å²) in [5.74, 6) is -0.382. The van der Waals surface area contributed by atoms with Crippen LogP contribution in [0.2, 0.25) is 15.1 Å². The van der Waals surface area contributed by atoms with Crippen molar-refractivity contribution in [2.24, 2.45) is 0 Å². The Bertz CT molecular complexity index is 2080. The van der Waals surface area contributed by atoms with E-state index in [9.17, 15) is 14.4 Å². The van der Waals surface area contributed by atoms with Crippen LogP contribution >= 0.6 is 57.9 Å². The van der Waals surface area contributed by atoms with Gasteiger partial charge in [-0.3, -0.25) is 9.59 Å². The lowest BCUT2D eigenvalue weighted by Gasteiger charge is -2.51. The van der Waals surface area contributed by atoms with Gasteiger partial charge in [-0.1, -0.05) is 102 Å². The number of nitrogens with zero attached hydrogens (tertiary/aromatic N) is 1. The van der Waals surface area contributed by atoms with Crippen molar-refractivity contribution in [1.82, 2.24) is 10.2 Å². The minimum Gasteiger partial charge on any atom is -0.485 e. The first-order valence-electron chi connectivity index (χ1n) is 16.1. The van der Waals surface area contributed by atoms with Gasteiger partial charge in [0.2, 0.25) is 11.8 Å². The average molecular weight is 792 g/mol. The molecule has 2 aliphatic rings. The van der Waals surface area contributed by atoms with Crippen molar-refractivity contribution < 1.29 is 28.6 Å². The Hall–Kier alpha value is -4.45. The van der Waals surface area contributed by atoms with Gasteiger partial charge in [0.25, 0.3) is 0 Å².